The van der Waals surface area contributed by atoms with E-state index >= 15 is 0 Å². The molecule has 0 radical (unpaired) electrons. The minimum Gasteiger partial charge on any atom is -0.343 e. The quantitative estimate of drug-likeness (QED) is 0.548. The van der Waals surface area contributed by atoms with Crippen LogP contribution in [-0.4, -0.2) is 12.8 Å². The Balaban J connectivity index is 2.83. The Bertz CT molecular complexity index is 42.7. The number of halogens is 1. The summed E-state index contributed by atoms with van der Waals surface area (Å²) in [5, 5.41) is 0. The minimum absolute atomic E-state index is 0.606. The van der Waals surface area contributed by atoms with Crippen LogP contribution in [0.3, 0.4) is 0 Å². The van der Waals surface area contributed by atoms with Gasteiger partial charge in [-0.25, -0.2) is 0 Å². The normalized spacial score (nSPS) is 14.1. The van der Waals surface area contributed by atoms with Gasteiger partial charge in [0, 0.05) is 12.8 Å². The molecule has 0 aliphatic rings. The van der Waals surface area contributed by atoms with Crippen LogP contribution in [0.25, 0.3) is 0 Å². The molecule has 0 aliphatic carbocycles. The fourth-order valence-electron chi connectivity index (χ4n) is 0.231. The molecular weight excluding hydrogens is 130 g/mol. The van der Waals surface area contributed by atoms with E-state index in [4.69, 9.17) is 15.8 Å². The topological polar surface area (TPSA) is 9.23 Å². The van der Waals surface area contributed by atoms with Gasteiger partial charge in [0.1, 0.15) is 7.50 Å². The first kappa shape index (κ1) is 7.68. The van der Waals surface area contributed by atoms with Gasteiger partial charge in [-0.2, -0.15) is 0 Å². The first-order valence-electron chi connectivity index (χ1n) is 2.37. The van der Waals surface area contributed by atoms with Crippen LogP contribution in [0, 0.1) is 0 Å². The zero-order valence-electron chi connectivity index (χ0n) is 4.65. The largest absolute Gasteiger partial charge is 0.343 e. The van der Waals surface area contributed by atoms with Crippen LogP contribution in [0.4, 0.5) is 0 Å². The van der Waals surface area contributed by atoms with E-state index in [-0.39, 0.29) is 0 Å². The Morgan fingerprint density at radius 3 is 2.29 bits per heavy atom. The molecule has 7 heavy (non-hydrogen) atoms. The lowest BCUT2D eigenvalue weighted by molar-refractivity contribution is 0.386. The van der Waals surface area contributed by atoms with E-state index in [0.29, 0.717) is 0 Å². The predicted octanol–water partition coefficient (Wildman–Crippen LogP) is 2.59. The predicted molar refractivity (Wildman–Crippen MR) is 34.9 cm³/mol. The van der Waals surface area contributed by atoms with Gasteiger partial charge in [0.25, 0.3) is 0 Å². The van der Waals surface area contributed by atoms with E-state index in [2.05, 4.69) is 0 Å². The van der Waals surface area contributed by atoms with E-state index < -0.39 is 7.50 Å². The van der Waals surface area contributed by atoms with E-state index in [1.807, 2.05) is 13.8 Å². The molecular formula is C4H10ClOP. The zero-order valence-corrected chi connectivity index (χ0v) is 6.30. The van der Waals surface area contributed by atoms with Gasteiger partial charge < -0.3 is 4.52 Å². The molecule has 0 aromatic rings. The molecule has 0 rings (SSSR count). The van der Waals surface area contributed by atoms with Crippen LogP contribution >= 0.6 is 18.7 Å². The number of rotatable bonds is 3. The highest BCUT2D eigenvalue weighted by Gasteiger charge is 1.95. The van der Waals surface area contributed by atoms with Crippen molar-refractivity contribution in [1.82, 2.24) is 0 Å². The van der Waals surface area contributed by atoms with Crippen molar-refractivity contribution in [2.24, 2.45) is 0 Å². The standard InChI is InChI=1S/C4H10ClOP/c1-3-6-7(5)4-2/h3-4H2,1-2H3. The summed E-state index contributed by atoms with van der Waals surface area (Å²) in [7, 11) is -0.606. The molecule has 3 heteroatoms. The SMILES string of the molecule is CCOP(Cl)CC. The summed E-state index contributed by atoms with van der Waals surface area (Å²) >= 11 is 5.61. The lowest BCUT2D eigenvalue weighted by Crippen LogP contribution is -1.78. The molecule has 0 aliphatic heterocycles. The van der Waals surface area contributed by atoms with Crippen LogP contribution in [0.1, 0.15) is 13.8 Å². The van der Waals surface area contributed by atoms with Crippen molar-refractivity contribution < 1.29 is 4.52 Å². The maximum Gasteiger partial charge on any atom is 0.124 e. The third kappa shape index (κ3) is 4.53. The Hall–Kier alpha value is 0.680. The second-order valence-corrected chi connectivity index (χ2v) is 3.71. The molecule has 0 aromatic heterocycles. The second kappa shape index (κ2) is 4.83. The van der Waals surface area contributed by atoms with Gasteiger partial charge in [-0.1, -0.05) is 18.2 Å². The fraction of sp³-hybridized carbons (Fsp3) is 1.00. The third-order valence-corrected chi connectivity index (χ3v) is 2.56. The van der Waals surface area contributed by atoms with Gasteiger partial charge >= 0.3 is 0 Å². The van der Waals surface area contributed by atoms with Crippen molar-refractivity contribution in [3.05, 3.63) is 0 Å². The van der Waals surface area contributed by atoms with Crippen LogP contribution in [-0.2, 0) is 4.52 Å². The van der Waals surface area contributed by atoms with Crippen LogP contribution < -0.4 is 0 Å². The van der Waals surface area contributed by atoms with E-state index in [9.17, 15) is 0 Å². The summed E-state index contributed by atoms with van der Waals surface area (Å²) in [6.07, 6.45) is 0.949. The average Bonchev–Trinajstić information content (AvgIpc) is 1.68. The molecule has 44 valence electrons. The highest BCUT2D eigenvalue weighted by Crippen LogP contribution is 2.41. The monoisotopic (exact) mass is 140 g/mol. The molecule has 0 heterocycles. The first-order valence-corrected chi connectivity index (χ1v) is 4.72. The van der Waals surface area contributed by atoms with Crippen LogP contribution in [0.2, 0.25) is 0 Å². The van der Waals surface area contributed by atoms with E-state index in [0.717, 1.165) is 12.8 Å². The van der Waals surface area contributed by atoms with E-state index in [1.165, 1.54) is 0 Å². The van der Waals surface area contributed by atoms with Gasteiger partial charge in [0.2, 0.25) is 0 Å². The summed E-state index contributed by atoms with van der Waals surface area (Å²) in [6.45, 7) is 4.71. The van der Waals surface area contributed by atoms with Gasteiger partial charge in [-0.15, -0.1) is 0 Å². The number of hydrogen-bond acceptors (Lipinski definition) is 1. The summed E-state index contributed by atoms with van der Waals surface area (Å²) in [4.78, 5) is 0. The summed E-state index contributed by atoms with van der Waals surface area (Å²) in [6, 6.07) is 0. The molecule has 0 saturated carbocycles. The molecule has 1 nitrogen and oxygen atoms in total. The maximum absolute atomic E-state index is 5.61. The molecule has 0 bridgehead atoms. The molecule has 0 aromatic carbocycles. The van der Waals surface area contributed by atoms with Crippen molar-refractivity contribution in [2.75, 3.05) is 12.8 Å². The zero-order chi connectivity index (χ0) is 5.70. The molecule has 0 N–H and O–H groups in total. The van der Waals surface area contributed by atoms with Gasteiger partial charge in [-0.3, -0.25) is 0 Å². The average molecular weight is 141 g/mol. The second-order valence-electron chi connectivity index (χ2n) is 1.05. The first-order chi connectivity index (χ1) is 3.31. The Labute approximate surface area is 50.6 Å². The summed E-state index contributed by atoms with van der Waals surface area (Å²) in [5.41, 5.74) is 0. The highest BCUT2D eigenvalue weighted by atomic mass is 35.7. The lowest BCUT2D eigenvalue weighted by atomic mass is 10.9. The van der Waals surface area contributed by atoms with Crippen molar-refractivity contribution in [1.29, 1.82) is 0 Å². The molecule has 0 amide bonds. The summed E-state index contributed by atoms with van der Waals surface area (Å²) < 4.78 is 5.02. The highest BCUT2D eigenvalue weighted by molar-refractivity contribution is 7.80. The Morgan fingerprint density at radius 1 is 1.57 bits per heavy atom. The molecule has 0 spiro atoms. The third-order valence-electron chi connectivity index (χ3n) is 0.518. The van der Waals surface area contributed by atoms with Crippen LogP contribution in [0.15, 0.2) is 0 Å². The molecule has 1 atom stereocenters. The Morgan fingerprint density at radius 2 is 2.14 bits per heavy atom. The molecule has 1 unspecified atom stereocenters. The molecule has 0 fully saturated rings. The fourth-order valence-corrected chi connectivity index (χ4v) is 0.987. The van der Waals surface area contributed by atoms with Crippen molar-refractivity contribution in [3.63, 3.8) is 0 Å². The van der Waals surface area contributed by atoms with E-state index in [1.54, 1.807) is 0 Å². The van der Waals surface area contributed by atoms with Gasteiger partial charge in [-0.05, 0) is 6.92 Å². The molecule has 0 saturated heterocycles. The maximum atomic E-state index is 5.61. The number of hydrogen-bond donors (Lipinski definition) is 0. The van der Waals surface area contributed by atoms with Crippen molar-refractivity contribution >= 4 is 18.7 Å². The van der Waals surface area contributed by atoms with Crippen molar-refractivity contribution in [3.8, 4) is 0 Å². The minimum atomic E-state index is -0.606. The lowest BCUT2D eigenvalue weighted by Gasteiger charge is -2.02. The van der Waals surface area contributed by atoms with Gasteiger partial charge in [0.15, 0.2) is 0 Å². The smallest absolute Gasteiger partial charge is 0.124 e. The van der Waals surface area contributed by atoms with Crippen molar-refractivity contribution in [2.45, 2.75) is 13.8 Å². The van der Waals surface area contributed by atoms with Crippen LogP contribution in [0.5, 0.6) is 0 Å². The Kier molecular flexibility index (Phi) is 5.30. The van der Waals surface area contributed by atoms with Gasteiger partial charge in [0.05, 0.1) is 0 Å². The summed E-state index contributed by atoms with van der Waals surface area (Å²) in [5.74, 6) is 0.